The van der Waals surface area contributed by atoms with Crippen LogP contribution in [0.3, 0.4) is 0 Å². The Morgan fingerprint density at radius 1 is 1.10 bits per heavy atom. The lowest BCUT2D eigenvalue weighted by Crippen LogP contribution is -2.49. The fraction of sp³-hybridized carbons (Fsp3) is 0.619. The van der Waals surface area contributed by atoms with E-state index in [-0.39, 0.29) is 35.8 Å². The van der Waals surface area contributed by atoms with Gasteiger partial charge >= 0.3 is 5.97 Å². The molecule has 2 aliphatic rings. The maximum absolute atomic E-state index is 12.5. The van der Waals surface area contributed by atoms with Gasteiger partial charge in [-0.05, 0) is 64.5 Å². The van der Waals surface area contributed by atoms with Crippen molar-refractivity contribution in [2.75, 3.05) is 24.6 Å². The largest absolute Gasteiger partial charge is 0.452 e. The fourth-order valence-corrected chi connectivity index (χ4v) is 4.40. The molecule has 29 heavy (non-hydrogen) atoms. The van der Waals surface area contributed by atoms with Crippen LogP contribution in [0.5, 0.6) is 0 Å². The van der Waals surface area contributed by atoms with E-state index in [4.69, 9.17) is 4.74 Å². The van der Waals surface area contributed by atoms with Gasteiger partial charge in [-0.2, -0.15) is 0 Å². The Labute approximate surface area is 171 Å². The van der Waals surface area contributed by atoms with Crippen LogP contribution in [0.4, 0.5) is 11.4 Å². The van der Waals surface area contributed by atoms with Gasteiger partial charge in [-0.25, -0.2) is 4.79 Å². The molecule has 3 rings (SSSR count). The third-order valence-corrected chi connectivity index (χ3v) is 5.91. The first-order valence-electron chi connectivity index (χ1n) is 10.4. The van der Waals surface area contributed by atoms with E-state index in [0.29, 0.717) is 5.69 Å². The van der Waals surface area contributed by atoms with Gasteiger partial charge in [-0.15, -0.1) is 0 Å². The summed E-state index contributed by atoms with van der Waals surface area (Å²) in [6.45, 7) is 5.18. The van der Waals surface area contributed by atoms with Crippen LogP contribution in [0.1, 0.15) is 62.7 Å². The summed E-state index contributed by atoms with van der Waals surface area (Å²) in [6, 6.07) is 4.64. The van der Waals surface area contributed by atoms with Crippen molar-refractivity contribution in [1.29, 1.82) is 0 Å². The van der Waals surface area contributed by atoms with Crippen molar-refractivity contribution in [3.63, 3.8) is 0 Å². The zero-order chi connectivity index (χ0) is 21.0. The standard InChI is InChI=1S/C21H29N3O5/c1-15-7-6-8-16(2)23(15)20(25)14-29-21(26)17-9-10-18(19(13-17)24(27)28)22-11-4-3-5-12-22/h9-10,13,15-16H,3-8,11-12,14H2,1-2H3/t15-,16-/m1/s1. The van der Waals surface area contributed by atoms with Crippen molar-refractivity contribution in [1.82, 2.24) is 4.90 Å². The summed E-state index contributed by atoms with van der Waals surface area (Å²) < 4.78 is 5.19. The van der Waals surface area contributed by atoms with Crippen molar-refractivity contribution in [2.24, 2.45) is 0 Å². The number of carbonyl (C=O) groups excluding carboxylic acids is 2. The number of benzene rings is 1. The van der Waals surface area contributed by atoms with E-state index >= 15 is 0 Å². The number of nitrogens with zero attached hydrogens (tertiary/aromatic N) is 3. The number of anilines is 1. The minimum atomic E-state index is -0.719. The van der Waals surface area contributed by atoms with Gasteiger partial charge in [0.05, 0.1) is 10.5 Å². The molecule has 0 aliphatic carbocycles. The maximum atomic E-state index is 12.5. The number of nitro benzene ring substituents is 1. The summed E-state index contributed by atoms with van der Waals surface area (Å²) in [5.41, 5.74) is 0.509. The van der Waals surface area contributed by atoms with Gasteiger partial charge in [0.15, 0.2) is 6.61 Å². The first-order valence-corrected chi connectivity index (χ1v) is 10.4. The van der Waals surface area contributed by atoms with Crippen LogP contribution in [0, 0.1) is 10.1 Å². The van der Waals surface area contributed by atoms with Crippen LogP contribution in [0.25, 0.3) is 0 Å². The van der Waals surface area contributed by atoms with Crippen LogP contribution in [-0.4, -0.2) is 53.5 Å². The number of amides is 1. The summed E-state index contributed by atoms with van der Waals surface area (Å²) in [4.78, 5) is 39.8. The Balaban J connectivity index is 1.68. The molecule has 158 valence electrons. The quantitative estimate of drug-likeness (QED) is 0.424. The third-order valence-electron chi connectivity index (χ3n) is 5.91. The average Bonchev–Trinajstić information content (AvgIpc) is 2.72. The summed E-state index contributed by atoms with van der Waals surface area (Å²) in [5.74, 6) is -0.943. The number of ether oxygens (including phenoxy) is 1. The van der Waals surface area contributed by atoms with Crippen molar-refractivity contribution >= 4 is 23.3 Å². The third kappa shape index (κ3) is 4.86. The molecule has 0 aromatic heterocycles. The van der Waals surface area contributed by atoms with Gasteiger partial charge in [-0.3, -0.25) is 14.9 Å². The molecule has 2 fully saturated rings. The zero-order valence-electron chi connectivity index (χ0n) is 17.1. The van der Waals surface area contributed by atoms with Crippen LogP contribution in [-0.2, 0) is 9.53 Å². The molecule has 2 saturated heterocycles. The number of piperidine rings is 2. The molecular formula is C21H29N3O5. The van der Waals surface area contributed by atoms with Gasteiger partial charge in [0.1, 0.15) is 5.69 Å². The monoisotopic (exact) mass is 403 g/mol. The van der Waals surface area contributed by atoms with Gasteiger partial charge in [0.2, 0.25) is 0 Å². The van der Waals surface area contributed by atoms with Crippen molar-refractivity contribution in [3.05, 3.63) is 33.9 Å². The highest BCUT2D eigenvalue weighted by molar-refractivity contribution is 5.93. The summed E-state index contributed by atoms with van der Waals surface area (Å²) in [6.07, 6.45) is 6.07. The Kier molecular flexibility index (Phi) is 6.71. The van der Waals surface area contributed by atoms with Crippen LogP contribution < -0.4 is 4.90 Å². The molecule has 0 bridgehead atoms. The number of hydrogen-bond donors (Lipinski definition) is 0. The summed E-state index contributed by atoms with van der Waals surface area (Å²) in [7, 11) is 0. The van der Waals surface area contributed by atoms with E-state index in [1.807, 2.05) is 18.7 Å². The van der Waals surface area contributed by atoms with Crippen molar-refractivity contribution in [3.8, 4) is 0 Å². The fourth-order valence-electron chi connectivity index (χ4n) is 4.40. The Bertz CT molecular complexity index is 766. The lowest BCUT2D eigenvalue weighted by atomic mass is 9.97. The second-order valence-corrected chi connectivity index (χ2v) is 8.01. The van der Waals surface area contributed by atoms with Gasteiger partial charge < -0.3 is 14.5 Å². The zero-order valence-corrected chi connectivity index (χ0v) is 17.1. The topological polar surface area (TPSA) is 93.0 Å². The number of carbonyl (C=O) groups is 2. The highest BCUT2D eigenvalue weighted by Crippen LogP contribution is 2.31. The molecule has 0 saturated carbocycles. The Morgan fingerprint density at radius 3 is 2.38 bits per heavy atom. The Morgan fingerprint density at radius 2 is 1.76 bits per heavy atom. The Hall–Kier alpha value is -2.64. The predicted octanol–water partition coefficient (Wildman–Crippen LogP) is 3.53. The van der Waals surface area contributed by atoms with Crippen molar-refractivity contribution in [2.45, 2.75) is 64.5 Å². The molecule has 8 heteroatoms. The first-order chi connectivity index (χ1) is 13.9. The highest BCUT2D eigenvalue weighted by Gasteiger charge is 2.30. The second-order valence-electron chi connectivity index (χ2n) is 8.01. The van der Waals surface area contributed by atoms with E-state index < -0.39 is 10.9 Å². The molecule has 0 N–H and O–H groups in total. The normalized spacial score (nSPS) is 22.3. The van der Waals surface area contributed by atoms with E-state index in [0.717, 1.165) is 51.6 Å². The molecule has 2 aliphatic heterocycles. The van der Waals surface area contributed by atoms with Gasteiger partial charge in [0.25, 0.3) is 11.6 Å². The number of hydrogen-bond acceptors (Lipinski definition) is 6. The highest BCUT2D eigenvalue weighted by atomic mass is 16.6. The number of likely N-dealkylation sites (tertiary alicyclic amines) is 1. The van der Waals surface area contributed by atoms with E-state index in [1.165, 1.54) is 12.1 Å². The molecule has 2 heterocycles. The lowest BCUT2D eigenvalue weighted by Gasteiger charge is -2.38. The molecule has 0 radical (unpaired) electrons. The van der Waals surface area contributed by atoms with Crippen LogP contribution in [0.15, 0.2) is 18.2 Å². The van der Waals surface area contributed by atoms with E-state index in [2.05, 4.69) is 0 Å². The molecule has 1 aromatic rings. The predicted molar refractivity (Wildman–Crippen MR) is 109 cm³/mol. The number of nitro groups is 1. The van der Waals surface area contributed by atoms with Gasteiger partial charge in [0, 0.05) is 31.2 Å². The smallest absolute Gasteiger partial charge is 0.338 e. The van der Waals surface area contributed by atoms with E-state index in [1.54, 1.807) is 11.0 Å². The average molecular weight is 403 g/mol. The second kappa shape index (κ2) is 9.24. The van der Waals surface area contributed by atoms with Gasteiger partial charge in [-0.1, -0.05) is 0 Å². The molecule has 8 nitrogen and oxygen atoms in total. The van der Waals surface area contributed by atoms with Crippen molar-refractivity contribution < 1.29 is 19.2 Å². The minimum absolute atomic E-state index is 0.0880. The summed E-state index contributed by atoms with van der Waals surface area (Å²) >= 11 is 0. The van der Waals surface area contributed by atoms with Crippen LogP contribution >= 0.6 is 0 Å². The lowest BCUT2D eigenvalue weighted by molar-refractivity contribution is -0.384. The molecule has 1 amide bonds. The molecule has 0 spiro atoms. The molecule has 0 unspecified atom stereocenters. The van der Waals surface area contributed by atoms with E-state index in [9.17, 15) is 19.7 Å². The molecule has 1 aromatic carbocycles. The minimum Gasteiger partial charge on any atom is -0.452 e. The number of esters is 1. The first kappa shape index (κ1) is 21.1. The summed E-state index contributed by atoms with van der Waals surface area (Å²) in [5, 5.41) is 11.6. The molecular weight excluding hydrogens is 374 g/mol. The maximum Gasteiger partial charge on any atom is 0.338 e. The van der Waals surface area contributed by atoms with Crippen LogP contribution in [0.2, 0.25) is 0 Å². The SMILES string of the molecule is C[C@@H]1CCC[C@@H](C)N1C(=O)COC(=O)c1ccc(N2CCCCC2)c([N+](=O)[O-])c1. The molecule has 2 atom stereocenters. The number of rotatable bonds is 5.